The number of hydrogen-bond acceptors (Lipinski definition) is 3. The molecule has 1 N–H and O–H groups in total. The van der Waals surface area contributed by atoms with Crippen molar-refractivity contribution in [2.45, 2.75) is 26.7 Å². The number of pyridine rings is 1. The van der Waals surface area contributed by atoms with E-state index in [4.69, 9.17) is 0 Å². The Morgan fingerprint density at radius 1 is 1.24 bits per heavy atom. The molecule has 0 atom stereocenters. The zero-order valence-electron chi connectivity index (χ0n) is 10.2. The highest BCUT2D eigenvalue weighted by molar-refractivity contribution is 5.53. The molecule has 0 radical (unpaired) electrons. The molecule has 2 aromatic heterocycles. The van der Waals surface area contributed by atoms with E-state index in [1.165, 1.54) is 0 Å². The van der Waals surface area contributed by atoms with Crippen LogP contribution in [-0.2, 0) is 0 Å². The Labute approximate surface area is 99.8 Å². The Morgan fingerprint density at radius 2 is 1.88 bits per heavy atom. The van der Waals surface area contributed by atoms with Gasteiger partial charge in [-0.1, -0.05) is 13.8 Å². The van der Waals surface area contributed by atoms with Crippen LogP contribution in [0, 0.1) is 6.92 Å². The van der Waals surface area contributed by atoms with E-state index in [2.05, 4.69) is 15.0 Å². The fraction of sp³-hybridized carbons (Fsp3) is 0.308. The monoisotopic (exact) mass is 229 g/mol. The molecule has 2 aromatic rings. The van der Waals surface area contributed by atoms with E-state index in [9.17, 15) is 4.79 Å². The Kier molecular flexibility index (Phi) is 3.04. The summed E-state index contributed by atoms with van der Waals surface area (Å²) in [5, 5.41) is 0. The maximum Gasteiger partial charge on any atom is 0.254 e. The summed E-state index contributed by atoms with van der Waals surface area (Å²) in [5.74, 6) is 0.838. The molecule has 2 heterocycles. The lowest BCUT2D eigenvalue weighted by Crippen LogP contribution is -2.16. The Hall–Kier alpha value is -1.97. The fourth-order valence-corrected chi connectivity index (χ4v) is 1.76. The summed E-state index contributed by atoms with van der Waals surface area (Å²) in [7, 11) is 0. The van der Waals surface area contributed by atoms with E-state index in [0.717, 1.165) is 11.3 Å². The van der Waals surface area contributed by atoms with Gasteiger partial charge in [0.2, 0.25) is 0 Å². The number of nitrogens with one attached hydrogen (secondary N) is 1. The first-order valence-corrected chi connectivity index (χ1v) is 5.61. The molecule has 0 saturated heterocycles. The molecule has 88 valence electrons. The average molecular weight is 229 g/mol. The van der Waals surface area contributed by atoms with E-state index in [1.54, 1.807) is 19.3 Å². The third kappa shape index (κ3) is 2.25. The molecule has 0 fully saturated rings. The highest BCUT2D eigenvalue weighted by Gasteiger charge is 2.11. The Bertz CT molecular complexity index is 573. The lowest BCUT2D eigenvalue weighted by molar-refractivity contribution is 0.798. The number of aromatic nitrogens is 3. The van der Waals surface area contributed by atoms with Gasteiger partial charge in [0, 0.05) is 23.5 Å². The normalized spacial score (nSPS) is 10.8. The maximum absolute atomic E-state index is 11.8. The van der Waals surface area contributed by atoms with Gasteiger partial charge in [-0.3, -0.25) is 9.78 Å². The first-order chi connectivity index (χ1) is 8.09. The van der Waals surface area contributed by atoms with Gasteiger partial charge < -0.3 is 4.98 Å². The van der Waals surface area contributed by atoms with Crippen molar-refractivity contribution in [3.8, 4) is 11.4 Å². The molecule has 4 nitrogen and oxygen atoms in total. The van der Waals surface area contributed by atoms with Gasteiger partial charge in [0.25, 0.3) is 5.56 Å². The minimum absolute atomic E-state index is 0.0736. The molecular weight excluding hydrogens is 214 g/mol. The van der Waals surface area contributed by atoms with Crippen molar-refractivity contribution in [1.82, 2.24) is 15.0 Å². The van der Waals surface area contributed by atoms with Crippen molar-refractivity contribution in [3.05, 3.63) is 46.1 Å². The summed E-state index contributed by atoms with van der Waals surface area (Å²) < 4.78 is 0. The van der Waals surface area contributed by atoms with Crippen LogP contribution >= 0.6 is 0 Å². The molecular formula is C13H15N3O. The van der Waals surface area contributed by atoms with Gasteiger partial charge in [0.05, 0.1) is 5.69 Å². The molecule has 0 saturated carbocycles. The zero-order chi connectivity index (χ0) is 12.4. The molecule has 0 unspecified atom stereocenters. The van der Waals surface area contributed by atoms with Crippen LogP contribution in [0.3, 0.4) is 0 Å². The molecule has 0 aliphatic rings. The van der Waals surface area contributed by atoms with E-state index in [1.807, 2.05) is 26.0 Å². The average Bonchev–Trinajstić information content (AvgIpc) is 2.33. The predicted octanol–water partition coefficient (Wildman–Crippen LogP) is 2.26. The van der Waals surface area contributed by atoms with Gasteiger partial charge in [-0.2, -0.15) is 0 Å². The summed E-state index contributed by atoms with van der Waals surface area (Å²) >= 11 is 0. The van der Waals surface area contributed by atoms with E-state index in [0.29, 0.717) is 11.4 Å². The quantitative estimate of drug-likeness (QED) is 0.859. The maximum atomic E-state index is 11.8. The fourth-order valence-electron chi connectivity index (χ4n) is 1.76. The van der Waals surface area contributed by atoms with Crippen LogP contribution in [0.1, 0.15) is 31.0 Å². The summed E-state index contributed by atoms with van der Waals surface area (Å²) in [6.45, 7) is 5.87. The molecule has 0 aromatic carbocycles. The van der Waals surface area contributed by atoms with Gasteiger partial charge in [-0.15, -0.1) is 0 Å². The van der Waals surface area contributed by atoms with Crippen molar-refractivity contribution < 1.29 is 0 Å². The standard InChI is InChI=1S/C13H15N3O/c1-8(2)11-9(3)13(17)16-12(15-11)10-4-6-14-7-5-10/h4-8H,1-3H3,(H,15,16,17). The highest BCUT2D eigenvalue weighted by atomic mass is 16.1. The second-order valence-electron chi connectivity index (χ2n) is 4.32. The molecule has 2 rings (SSSR count). The Morgan fingerprint density at radius 3 is 2.47 bits per heavy atom. The molecule has 0 bridgehead atoms. The van der Waals surface area contributed by atoms with Crippen molar-refractivity contribution >= 4 is 0 Å². The van der Waals surface area contributed by atoms with Gasteiger partial charge in [-0.05, 0) is 25.0 Å². The first-order valence-electron chi connectivity index (χ1n) is 5.61. The summed E-state index contributed by atoms with van der Waals surface area (Å²) in [6, 6.07) is 3.66. The van der Waals surface area contributed by atoms with Crippen LogP contribution < -0.4 is 5.56 Å². The van der Waals surface area contributed by atoms with Gasteiger partial charge in [0.1, 0.15) is 5.82 Å². The van der Waals surface area contributed by atoms with Gasteiger partial charge in [0.15, 0.2) is 0 Å². The second kappa shape index (κ2) is 4.49. The molecule has 0 aliphatic carbocycles. The minimum atomic E-state index is -0.0736. The molecule has 4 heteroatoms. The molecule has 0 spiro atoms. The Balaban J connectivity index is 2.62. The summed E-state index contributed by atoms with van der Waals surface area (Å²) in [5.41, 5.74) is 2.34. The third-order valence-electron chi connectivity index (χ3n) is 2.69. The molecule has 0 amide bonds. The summed E-state index contributed by atoms with van der Waals surface area (Å²) in [4.78, 5) is 23.1. The van der Waals surface area contributed by atoms with Crippen LogP contribution in [0.2, 0.25) is 0 Å². The van der Waals surface area contributed by atoms with Crippen molar-refractivity contribution in [1.29, 1.82) is 0 Å². The predicted molar refractivity (Wildman–Crippen MR) is 66.9 cm³/mol. The molecule has 17 heavy (non-hydrogen) atoms. The largest absolute Gasteiger partial charge is 0.306 e. The number of H-pyrrole nitrogens is 1. The van der Waals surface area contributed by atoms with Gasteiger partial charge in [-0.25, -0.2) is 4.98 Å². The second-order valence-corrected chi connectivity index (χ2v) is 4.32. The third-order valence-corrected chi connectivity index (χ3v) is 2.69. The number of rotatable bonds is 2. The smallest absolute Gasteiger partial charge is 0.254 e. The van der Waals surface area contributed by atoms with Crippen LogP contribution in [0.5, 0.6) is 0 Å². The van der Waals surface area contributed by atoms with Gasteiger partial charge >= 0.3 is 0 Å². The van der Waals surface area contributed by atoms with Crippen molar-refractivity contribution in [2.24, 2.45) is 0 Å². The van der Waals surface area contributed by atoms with E-state index >= 15 is 0 Å². The number of aromatic amines is 1. The van der Waals surface area contributed by atoms with E-state index in [-0.39, 0.29) is 11.5 Å². The lowest BCUT2D eigenvalue weighted by atomic mass is 10.1. The number of hydrogen-bond donors (Lipinski definition) is 1. The highest BCUT2D eigenvalue weighted by Crippen LogP contribution is 2.18. The van der Waals surface area contributed by atoms with Crippen LogP contribution in [0.15, 0.2) is 29.3 Å². The van der Waals surface area contributed by atoms with Crippen LogP contribution in [0.4, 0.5) is 0 Å². The van der Waals surface area contributed by atoms with E-state index < -0.39 is 0 Å². The number of nitrogens with zero attached hydrogens (tertiary/aromatic N) is 2. The van der Waals surface area contributed by atoms with Crippen LogP contribution in [-0.4, -0.2) is 15.0 Å². The summed E-state index contributed by atoms with van der Waals surface area (Å²) in [6.07, 6.45) is 3.37. The zero-order valence-corrected chi connectivity index (χ0v) is 10.2. The topological polar surface area (TPSA) is 58.6 Å². The SMILES string of the molecule is Cc1c(C(C)C)nc(-c2ccncc2)[nH]c1=O. The van der Waals surface area contributed by atoms with Crippen molar-refractivity contribution in [2.75, 3.05) is 0 Å². The minimum Gasteiger partial charge on any atom is -0.306 e. The first kappa shape index (κ1) is 11.5. The molecule has 0 aliphatic heterocycles. The lowest BCUT2D eigenvalue weighted by Gasteiger charge is -2.10. The van der Waals surface area contributed by atoms with Crippen LogP contribution in [0.25, 0.3) is 11.4 Å². The van der Waals surface area contributed by atoms with Crippen molar-refractivity contribution in [3.63, 3.8) is 0 Å².